The van der Waals surface area contributed by atoms with Crippen molar-refractivity contribution in [1.82, 2.24) is 5.32 Å². The van der Waals surface area contributed by atoms with Crippen molar-refractivity contribution in [3.63, 3.8) is 0 Å². The van der Waals surface area contributed by atoms with Crippen molar-refractivity contribution < 1.29 is 14.3 Å². The molecule has 0 aliphatic heterocycles. The molecule has 0 spiro atoms. The number of carbonyl (C=O) groups is 1. The number of nitrogen functional groups attached to an aromatic ring is 1. The molecule has 3 N–H and O–H groups in total. The van der Waals surface area contributed by atoms with Gasteiger partial charge in [0.2, 0.25) is 0 Å². The first-order chi connectivity index (χ1) is 11.0. The zero-order valence-corrected chi connectivity index (χ0v) is 13.7. The smallest absolute Gasteiger partial charge is 0.251 e. The second kappa shape index (κ2) is 7.54. The molecule has 0 atom stereocenters. The Kier molecular flexibility index (Phi) is 5.46. The third-order valence-corrected chi connectivity index (χ3v) is 3.68. The van der Waals surface area contributed by atoms with Crippen molar-refractivity contribution in [2.24, 2.45) is 0 Å². The second-order valence-corrected chi connectivity index (χ2v) is 5.27. The number of methoxy groups -OCH3 is 2. The predicted octanol–water partition coefficient (Wildman–Crippen LogP) is 2.57. The molecule has 0 fully saturated rings. The van der Waals surface area contributed by atoms with Crippen LogP contribution in [-0.2, 0) is 6.42 Å². The fourth-order valence-corrected chi connectivity index (χ4v) is 2.28. The molecular weight excluding hydrogens is 292 g/mol. The minimum atomic E-state index is -0.103. The van der Waals surface area contributed by atoms with Crippen LogP contribution in [0, 0.1) is 6.92 Å². The second-order valence-electron chi connectivity index (χ2n) is 5.27. The van der Waals surface area contributed by atoms with Gasteiger partial charge < -0.3 is 20.5 Å². The summed E-state index contributed by atoms with van der Waals surface area (Å²) in [7, 11) is 3.21. The Labute approximate surface area is 136 Å². The number of anilines is 1. The summed E-state index contributed by atoms with van der Waals surface area (Å²) in [5.74, 6) is 1.27. The van der Waals surface area contributed by atoms with Gasteiger partial charge in [-0.1, -0.05) is 6.07 Å². The van der Waals surface area contributed by atoms with E-state index in [1.54, 1.807) is 32.4 Å². The zero-order chi connectivity index (χ0) is 16.8. The molecule has 0 aliphatic rings. The molecule has 2 rings (SSSR count). The van der Waals surface area contributed by atoms with Gasteiger partial charge in [0.1, 0.15) is 0 Å². The lowest BCUT2D eigenvalue weighted by Gasteiger charge is -2.10. The first-order valence-corrected chi connectivity index (χ1v) is 7.40. The van der Waals surface area contributed by atoms with Gasteiger partial charge in [0.25, 0.3) is 5.91 Å². The topological polar surface area (TPSA) is 73.6 Å². The molecule has 0 saturated heterocycles. The lowest BCUT2D eigenvalue weighted by atomic mass is 10.1. The van der Waals surface area contributed by atoms with Crippen LogP contribution in [0.5, 0.6) is 11.5 Å². The Balaban J connectivity index is 1.94. The van der Waals surface area contributed by atoms with E-state index >= 15 is 0 Å². The average Bonchev–Trinajstić information content (AvgIpc) is 2.57. The molecule has 0 saturated carbocycles. The minimum Gasteiger partial charge on any atom is -0.493 e. The van der Waals surface area contributed by atoms with Crippen LogP contribution in [0.25, 0.3) is 0 Å². The van der Waals surface area contributed by atoms with E-state index < -0.39 is 0 Å². The summed E-state index contributed by atoms with van der Waals surface area (Å²) in [5.41, 5.74) is 9.03. The van der Waals surface area contributed by atoms with Crippen LogP contribution in [-0.4, -0.2) is 26.7 Å². The standard InChI is InChI=1S/C18H22N2O3/c1-12-10-14(5-6-15(12)19)18(21)20-9-8-13-4-7-16(22-2)17(11-13)23-3/h4-7,10-11H,8-9,19H2,1-3H3,(H,20,21). The molecule has 0 heterocycles. The van der Waals surface area contributed by atoms with Crippen LogP contribution in [0.3, 0.4) is 0 Å². The Morgan fingerprint density at radius 3 is 2.48 bits per heavy atom. The third-order valence-electron chi connectivity index (χ3n) is 3.68. The SMILES string of the molecule is COc1ccc(CCNC(=O)c2ccc(N)c(C)c2)cc1OC. The van der Waals surface area contributed by atoms with Crippen LogP contribution in [0.15, 0.2) is 36.4 Å². The number of benzene rings is 2. The predicted molar refractivity (Wildman–Crippen MR) is 91.2 cm³/mol. The highest BCUT2D eigenvalue weighted by Crippen LogP contribution is 2.27. The molecule has 0 bridgehead atoms. The van der Waals surface area contributed by atoms with Crippen LogP contribution >= 0.6 is 0 Å². The number of carbonyl (C=O) groups excluding carboxylic acids is 1. The molecule has 0 radical (unpaired) electrons. The van der Waals surface area contributed by atoms with Crippen LogP contribution < -0.4 is 20.5 Å². The highest BCUT2D eigenvalue weighted by atomic mass is 16.5. The van der Waals surface area contributed by atoms with E-state index in [0.717, 1.165) is 11.1 Å². The third kappa shape index (κ3) is 4.16. The summed E-state index contributed by atoms with van der Waals surface area (Å²) >= 11 is 0. The van der Waals surface area contributed by atoms with Gasteiger partial charge in [-0.15, -0.1) is 0 Å². The van der Waals surface area contributed by atoms with Gasteiger partial charge in [-0.25, -0.2) is 0 Å². The summed E-state index contributed by atoms with van der Waals surface area (Å²) in [6.07, 6.45) is 0.708. The number of nitrogens with one attached hydrogen (secondary N) is 1. The Hall–Kier alpha value is -2.69. The van der Waals surface area contributed by atoms with Gasteiger partial charge in [-0.3, -0.25) is 4.79 Å². The lowest BCUT2D eigenvalue weighted by Crippen LogP contribution is -2.25. The van der Waals surface area contributed by atoms with Crippen molar-refractivity contribution >= 4 is 11.6 Å². The molecule has 0 aliphatic carbocycles. The summed E-state index contributed by atoms with van der Waals surface area (Å²) in [5, 5.41) is 2.91. The fourth-order valence-electron chi connectivity index (χ4n) is 2.28. The van der Waals surface area contributed by atoms with E-state index in [1.165, 1.54) is 0 Å². The first kappa shape index (κ1) is 16.7. The van der Waals surface area contributed by atoms with E-state index in [4.69, 9.17) is 15.2 Å². The van der Waals surface area contributed by atoms with Gasteiger partial charge >= 0.3 is 0 Å². The number of hydrogen-bond donors (Lipinski definition) is 2. The molecule has 23 heavy (non-hydrogen) atoms. The number of ether oxygens (including phenoxy) is 2. The number of amides is 1. The average molecular weight is 314 g/mol. The molecule has 5 heteroatoms. The maximum atomic E-state index is 12.1. The van der Waals surface area contributed by atoms with E-state index in [9.17, 15) is 4.79 Å². The van der Waals surface area contributed by atoms with E-state index in [2.05, 4.69) is 5.32 Å². The van der Waals surface area contributed by atoms with Crippen molar-refractivity contribution in [3.05, 3.63) is 53.1 Å². The van der Waals surface area contributed by atoms with Crippen molar-refractivity contribution in [3.8, 4) is 11.5 Å². The molecule has 0 aromatic heterocycles. The molecule has 1 amide bonds. The number of aryl methyl sites for hydroxylation is 1. The monoisotopic (exact) mass is 314 g/mol. The zero-order valence-electron chi connectivity index (χ0n) is 13.7. The van der Waals surface area contributed by atoms with E-state index in [-0.39, 0.29) is 5.91 Å². The van der Waals surface area contributed by atoms with Crippen LogP contribution in [0.4, 0.5) is 5.69 Å². The Bertz CT molecular complexity index is 699. The van der Waals surface area contributed by atoms with Crippen LogP contribution in [0.2, 0.25) is 0 Å². The molecule has 2 aromatic rings. The normalized spacial score (nSPS) is 10.2. The summed E-state index contributed by atoms with van der Waals surface area (Å²) in [6.45, 7) is 2.42. The number of hydrogen-bond acceptors (Lipinski definition) is 4. The largest absolute Gasteiger partial charge is 0.493 e. The molecular formula is C18H22N2O3. The lowest BCUT2D eigenvalue weighted by molar-refractivity contribution is 0.0954. The van der Waals surface area contributed by atoms with Gasteiger partial charge in [-0.05, 0) is 54.8 Å². The summed E-state index contributed by atoms with van der Waals surface area (Å²) < 4.78 is 10.5. The highest BCUT2D eigenvalue weighted by Gasteiger charge is 2.08. The van der Waals surface area contributed by atoms with Crippen molar-refractivity contribution in [1.29, 1.82) is 0 Å². The first-order valence-electron chi connectivity index (χ1n) is 7.40. The van der Waals surface area contributed by atoms with E-state index in [0.29, 0.717) is 35.7 Å². The molecule has 2 aromatic carbocycles. The number of rotatable bonds is 6. The van der Waals surface area contributed by atoms with Crippen LogP contribution in [0.1, 0.15) is 21.5 Å². The summed E-state index contributed by atoms with van der Waals surface area (Å²) in [4.78, 5) is 12.1. The minimum absolute atomic E-state index is 0.103. The summed E-state index contributed by atoms with van der Waals surface area (Å²) in [6, 6.07) is 11.0. The van der Waals surface area contributed by atoms with E-state index in [1.807, 2.05) is 25.1 Å². The number of nitrogens with two attached hydrogens (primary N) is 1. The van der Waals surface area contributed by atoms with Gasteiger partial charge in [-0.2, -0.15) is 0 Å². The van der Waals surface area contributed by atoms with Gasteiger partial charge in [0.15, 0.2) is 11.5 Å². The molecule has 0 unspecified atom stereocenters. The fraction of sp³-hybridized carbons (Fsp3) is 0.278. The maximum Gasteiger partial charge on any atom is 0.251 e. The maximum absolute atomic E-state index is 12.1. The van der Waals surface area contributed by atoms with Crippen molar-refractivity contribution in [2.75, 3.05) is 26.5 Å². The quantitative estimate of drug-likeness (QED) is 0.804. The highest BCUT2D eigenvalue weighted by molar-refractivity contribution is 5.94. The molecule has 5 nitrogen and oxygen atoms in total. The Morgan fingerprint density at radius 2 is 1.83 bits per heavy atom. The molecule has 122 valence electrons. The van der Waals surface area contributed by atoms with Gasteiger partial charge in [0, 0.05) is 17.8 Å². The Morgan fingerprint density at radius 1 is 1.09 bits per heavy atom. The van der Waals surface area contributed by atoms with Crippen molar-refractivity contribution in [2.45, 2.75) is 13.3 Å². The van der Waals surface area contributed by atoms with Gasteiger partial charge in [0.05, 0.1) is 14.2 Å².